The summed E-state index contributed by atoms with van der Waals surface area (Å²) in [5.74, 6) is -3.72. The van der Waals surface area contributed by atoms with Crippen LogP contribution in [0, 0.1) is 17.7 Å². The number of hydrogen-bond acceptors (Lipinski definition) is 4. The van der Waals surface area contributed by atoms with Gasteiger partial charge < -0.3 is 10.0 Å². The Bertz CT molecular complexity index is 747. The average molecular weight is 371 g/mol. The molecule has 3 atom stereocenters. The molecule has 0 bridgehead atoms. The van der Waals surface area contributed by atoms with Crippen LogP contribution in [0.4, 0.5) is 4.39 Å². The number of carboxylic acid groups (broad SMARTS) is 1. The van der Waals surface area contributed by atoms with E-state index in [9.17, 15) is 27.5 Å². The van der Waals surface area contributed by atoms with Crippen LogP contribution in [0.25, 0.3) is 0 Å². The number of hydrogen-bond donors (Lipinski definition) is 1. The normalized spacial score (nSPS) is 22.4. The van der Waals surface area contributed by atoms with Gasteiger partial charge in [0.05, 0.1) is 16.6 Å². The van der Waals surface area contributed by atoms with Crippen molar-refractivity contribution in [3.8, 4) is 0 Å². The van der Waals surface area contributed by atoms with Crippen molar-refractivity contribution in [3.63, 3.8) is 0 Å². The van der Waals surface area contributed by atoms with E-state index in [4.69, 9.17) is 0 Å². The van der Waals surface area contributed by atoms with E-state index in [1.807, 2.05) is 0 Å². The lowest BCUT2D eigenvalue weighted by atomic mass is 9.89. The molecule has 0 spiro atoms. The molecule has 0 aromatic heterocycles. The van der Waals surface area contributed by atoms with Crippen LogP contribution in [0.3, 0.4) is 0 Å². The van der Waals surface area contributed by atoms with Gasteiger partial charge in [-0.3, -0.25) is 9.59 Å². The van der Waals surface area contributed by atoms with Crippen molar-refractivity contribution in [3.05, 3.63) is 30.1 Å². The second kappa shape index (κ2) is 7.51. The van der Waals surface area contributed by atoms with Gasteiger partial charge in [0.1, 0.15) is 5.82 Å². The van der Waals surface area contributed by atoms with E-state index in [2.05, 4.69) is 0 Å². The largest absolute Gasteiger partial charge is 0.481 e. The number of sulfone groups is 1. The number of benzene rings is 1. The molecule has 0 aliphatic carbocycles. The first-order valence-electron chi connectivity index (χ1n) is 8.15. The van der Waals surface area contributed by atoms with Crippen molar-refractivity contribution in [2.24, 2.45) is 11.8 Å². The first-order valence-corrected chi connectivity index (χ1v) is 9.80. The van der Waals surface area contributed by atoms with E-state index in [0.717, 1.165) is 12.1 Å². The number of likely N-dealkylation sites (tertiary alicyclic amines) is 1. The van der Waals surface area contributed by atoms with E-state index < -0.39 is 45.3 Å². The number of nitrogens with zero attached hydrogens (tertiary/aromatic N) is 1. The number of aliphatic carboxylic acids is 1. The molecule has 138 valence electrons. The van der Waals surface area contributed by atoms with Crippen LogP contribution in [0.15, 0.2) is 29.2 Å². The second-order valence-corrected chi connectivity index (χ2v) is 8.53. The summed E-state index contributed by atoms with van der Waals surface area (Å²) in [6.07, 6.45) is 1.08. The van der Waals surface area contributed by atoms with Gasteiger partial charge in [-0.1, -0.05) is 6.92 Å². The highest BCUT2D eigenvalue weighted by molar-refractivity contribution is 7.91. The SMILES string of the molecule is CC(CS(=O)(=O)c1ccc(F)cc1)C(=O)N1CCC[C@H](C(=O)O)[C@@H]1C. The fraction of sp³-hybridized carbons (Fsp3) is 0.529. The van der Waals surface area contributed by atoms with E-state index in [-0.39, 0.29) is 10.8 Å². The van der Waals surface area contributed by atoms with Crippen LogP contribution in [0.1, 0.15) is 26.7 Å². The highest BCUT2D eigenvalue weighted by Crippen LogP contribution is 2.26. The van der Waals surface area contributed by atoms with Gasteiger partial charge in [0.2, 0.25) is 5.91 Å². The van der Waals surface area contributed by atoms with Gasteiger partial charge in [-0.15, -0.1) is 0 Å². The van der Waals surface area contributed by atoms with Gasteiger partial charge in [0, 0.05) is 18.5 Å². The minimum Gasteiger partial charge on any atom is -0.481 e. The molecule has 1 amide bonds. The third kappa shape index (κ3) is 4.36. The van der Waals surface area contributed by atoms with Crippen molar-refractivity contribution >= 4 is 21.7 Å². The number of amides is 1. The molecule has 0 radical (unpaired) electrons. The highest BCUT2D eigenvalue weighted by Gasteiger charge is 2.37. The maximum Gasteiger partial charge on any atom is 0.308 e. The van der Waals surface area contributed by atoms with E-state index >= 15 is 0 Å². The Kier molecular flexibility index (Phi) is 5.82. The molecule has 1 aromatic rings. The van der Waals surface area contributed by atoms with Crippen molar-refractivity contribution in [1.29, 1.82) is 0 Å². The lowest BCUT2D eigenvalue weighted by Gasteiger charge is -2.38. The third-order valence-electron chi connectivity index (χ3n) is 4.65. The smallest absolute Gasteiger partial charge is 0.308 e. The summed E-state index contributed by atoms with van der Waals surface area (Å²) in [6.45, 7) is 3.61. The van der Waals surface area contributed by atoms with Gasteiger partial charge in [-0.05, 0) is 44.0 Å². The third-order valence-corrected chi connectivity index (χ3v) is 6.58. The number of piperidine rings is 1. The zero-order valence-corrected chi connectivity index (χ0v) is 15.0. The van der Waals surface area contributed by atoms with Crippen LogP contribution in [0.2, 0.25) is 0 Å². The monoisotopic (exact) mass is 371 g/mol. The second-order valence-electron chi connectivity index (χ2n) is 6.50. The Balaban J connectivity index is 2.11. The van der Waals surface area contributed by atoms with E-state index in [1.165, 1.54) is 24.0 Å². The Hall–Kier alpha value is -1.96. The van der Waals surface area contributed by atoms with Gasteiger partial charge >= 0.3 is 5.97 Å². The maximum atomic E-state index is 12.9. The topological polar surface area (TPSA) is 91.8 Å². The Morgan fingerprint density at radius 3 is 2.48 bits per heavy atom. The number of carbonyl (C=O) groups excluding carboxylic acids is 1. The van der Waals surface area contributed by atoms with Crippen LogP contribution in [0.5, 0.6) is 0 Å². The molecule has 6 nitrogen and oxygen atoms in total. The Labute approximate surface area is 146 Å². The maximum absolute atomic E-state index is 12.9. The van der Waals surface area contributed by atoms with Gasteiger partial charge in [-0.25, -0.2) is 12.8 Å². The lowest BCUT2D eigenvalue weighted by Crippen LogP contribution is -2.51. The van der Waals surface area contributed by atoms with Crippen molar-refractivity contribution in [2.45, 2.75) is 37.6 Å². The first kappa shape index (κ1) is 19.4. The predicted molar refractivity (Wildman–Crippen MR) is 89.2 cm³/mol. The molecule has 0 saturated carbocycles. The predicted octanol–water partition coefficient (Wildman–Crippen LogP) is 1.95. The standard InChI is InChI=1S/C17H22FNO5S/c1-11(10-25(23,24)14-7-5-13(18)6-8-14)16(20)19-9-3-4-15(12(19)2)17(21)22/h5-8,11-12,15H,3-4,9-10H2,1-2H3,(H,21,22)/t11?,12-,15-/m0/s1. The van der Waals surface area contributed by atoms with Crippen molar-refractivity contribution in [1.82, 2.24) is 4.90 Å². The average Bonchev–Trinajstić information content (AvgIpc) is 2.54. The van der Waals surface area contributed by atoms with Crippen LogP contribution in [-0.4, -0.2) is 48.6 Å². The number of halogens is 1. The van der Waals surface area contributed by atoms with Gasteiger partial charge in [-0.2, -0.15) is 0 Å². The summed E-state index contributed by atoms with van der Waals surface area (Å²) < 4.78 is 37.8. The molecular formula is C17H22FNO5S. The summed E-state index contributed by atoms with van der Waals surface area (Å²) in [6, 6.07) is 3.99. The molecule has 1 fully saturated rings. The van der Waals surface area contributed by atoms with E-state index in [1.54, 1.807) is 6.92 Å². The van der Waals surface area contributed by atoms with Crippen molar-refractivity contribution < 1.29 is 27.5 Å². The quantitative estimate of drug-likeness (QED) is 0.799. The van der Waals surface area contributed by atoms with Crippen molar-refractivity contribution in [2.75, 3.05) is 12.3 Å². The van der Waals surface area contributed by atoms with Gasteiger partial charge in [0.25, 0.3) is 0 Å². The summed E-state index contributed by atoms with van der Waals surface area (Å²) in [7, 11) is -3.74. The molecule has 2 rings (SSSR count). The number of rotatable bonds is 5. The molecule has 1 saturated heterocycles. The Morgan fingerprint density at radius 1 is 1.32 bits per heavy atom. The number of carbonyl (C=O) groups is 2. The van der Waals surface area contributed by atoms with Crippen LogP contribution in [-0.2, 0) is 19.4 Å². The summed E-state index contributed by atoms with van der Waals surface area (Å²) >= 11 is 0. The Morgan fingerprint density at radius 2 is 1.92 bits per heavy atom. The number of carboxylic acids is 1. The molecule has 1 aliphatic heterocycles. The molecule has 1 N–H and O–H groups in total. The summed E-state index contributed by atoms with van der Waals surface area (Å²) in [4.78, 5) is 25.4. The highest BCUT2D eigenvalue weighted by atomic mass is 32.2. The summed E-state index contributed by atoms with van der Waals surface area (Å²) in [5, 5.41) is 9.24. The fourth-order valence-electron chi connectivity index (χ4n) is 3.21. The first-order chi connectivity index (χ1) is 11.6. The molecule has 1 unspecified atom stereocenters. The lowest BCUT2D eigenvalue weighted by molar-refractivity contribution is -0.150. The molecular weight excluding hydrogens is 349 g/mol. The van der Waals surface area contributed by atoms with Crippen LogP contribution >= 0.6 is 0 Å². The molecule has 1 aromatic carbocycles. The van der Waals surface area contributed by atoms with Crippen LogP contribution < -0.4 is 0 Å². The molecule has 25 heavy (non-hydrogen) atoms. The fourth-order valence-corrected chi connectivity index (χ4v) is 4.75. The minimum atomic E-state index is -3.74. The zero-order valence-electron chi connectivity index (χ0n) is 14.2. The summed E-state index contributed by atoms with van der Waals surface area (Å²) in [5.41, 5.74) is 0. The molecule has 1 aliphatic rings. The molecule has 1 heterocycles. The minimum absolute atomic E-state index is 0.0383. The van der Waals surface area contributed by atoms with Gasteiger partial charge in [0.15, 0.2) is 9.84 Å². The molecule has 8 heteroatoms. The zero-order chi connectivity index (χ0) is 18.8. The van der Waals surface area contributed by atoms with E-state index in [0.29, 0.717) is 19.4 Å².